The van der Waals surface area contributed by atoms with E-state index >= 15 is 0 Å². The number of halogens is 2. The van der Waals surface area contributed by atoms with Crippen molar-refractivity contribution in [1.29, 1.82) is 0 Å². The lowest BCUT2D eigenvalue weighted by Crippen LogP contribution is -2.07. The maximum Gasteiger partial charge on any atom is 0.144 e. The van der Waals surface area contributed by atoms with E-state index in [2.05, 4.69) is 4.98 Å². The zero-order valence-corrected chi connectivity index (χ0v) is 7.85. The summed E-state index contributed by atoms with van der Waals surface area (Å²) in [4.78, 5) is 3.67. The van der Waals surface area contributed by atoms with Crippen molar-refractivity contribution in [2.75, 3.05) is 0 Å². The summed E-state index contributed by atoms with van der Waals surface area (Å²) in [5.74, 6) is -0.257. The molecular weight excluding hydrogens is 177 g/mol. The predicted octanol–water partition coefficient (Wildman–Crippen LogP) is 2.95. The molecule has 0 saturated heterocycles. The largest absolute Gasteiger partial charge is 0.262 e. The van der Waals surface area contributed by atoms with Crippen LogP contribution in [0.4, 0.5) is 4.39 Å². The fourth-order valence-corrected chi connectivity index (χ4v) is 1.14. The standard InChI is InChI=1S/C9H11ClFN/c1-6(7(2)10)8-3-4-12-5-9(8)11/h3-7H,1-2H3. The van der Waals surface area contributed by atoms with Gasteiger partial charge in [-0.05, 0) is 18.6 Å². The van der Waals surface area contributed by atoms with Crippen molar-refractivity contribution in [3.8, 4) is 0 Å². The van der Waals surface area contributed by atoms with Crippen molar-refractivity contribution in [1.82, 2.24) is 4.98 Å². The molecule has 0 fully saturated rings. The van der Waals surface area contributed by atoms with Gasteiger partial charge in [0.15, 0.2) is 0 Å². The number of hydrogen-bond acceptors (Lipinski definition) is 1. The van der Waals surface area contributed by atoms with Gasteiger partial charge < -0.3 is 0 Å². The number of pyridine rings is 1. The summed E-state index contributed by atoms with van der Waals surface area (Å²) in [5, 5.41) is -0.0677. The first-order chi connectivity index (χ1) is 5.63. The Morgan fingerprint density at radius 3 is 2.67 bits per heavy atom. The fraction of sp³-hybridized carbons (Fsp3) is 0.444. The van der Waals surface area contributed by atoms with E-state index in [9.17, 15) is 4.39 Å². The zero-order valence-electron chi connectivity index (χ0n) is 7.09. The van der Waals surface area contributed by atoms with Gasteiger partial charge in [-0.3, -0.25) is 4.98 Å². The second-order valence-corrected chi connectivity index (χ2v) is 3.55. The summed E-state index contributed by atoms with van der Waals surface area (Å²) in [6.45, 7) is 3.75. The molecule has 0 saturated carbocycles. The Kier molecular flexibility index (Phi) is 3.04. The van der Waals surface area contributed by atoms with Crippen molar-refractivity contribution in [3.63, 3.8) is 0 Å². The fourth-order valence-electron chi connectivity index (χ4n) is 1.00. The Hall–Kier alpha value is -0.630. The smallest absolute Gasteiger partial charge is 0.144 e. The lowest BCUT2D eigenvalue weighted by molar-refractivity contribution is 0.579. The van der Waals surface area contributed by atoms with Gasteiger partial charge in [0.25, 0.3) is 0 Å². The summed E-state index contributed by atoms with van der Waals surface area (Å²) < 4.78 is 13.1. The zero-order chi connectivity index (χ0) is 9.14. The monoisotopic (exact) mass is 187 g/mol. The highest BCUT2D eigenvalue weighted by Gasteiger charge is 2.14. The van der Waals surface area contributed by atoms with E-state index in [1.54, 1.807) is 12.3 Å². The number of hydrogen-bond donors (Lipinski definition) is 0. The quantitative estimate of drug-likeness (QED) is 0.649. The molecule has 0 aliphatic carbocycles. The minimum absolute atomic E-state index is 0.0228. The van der Waals surface area contributed by atoms with Gasteiger partial charge in [0.1, 0.15) is 5.82 Å². The molecule has 0 aliphatic heterocycles. The van der Waals surface area contributed by atoms with Gasteiger partial charge >= 0.3 is 0 Å². The van der Waals surface area contributed by atoms with Crippen LogP contribution in [0.15, 0.2) is 18.5 Å². The molecule has 0 amide bonds. The van der Waals surface area contributed by atoms with Crippen molar-refractivity contribution < 1.29 is 4.39 Å². The highest BCUT2D eigenvalue weighted by atomic mass is 35.5. The predicted molar refractivity (Wildman–Crippen MR) is 47.9 cm³/mol. The van der Waals surface area contributed by atoms with Crippen LogP contribution in [0, 0.1) is 5.82 Å². The van der Waals surface area contributed by atoms with E-state index in [4.69, 9.17) is 11.6 Å². The molecule has 0 spiro atoms. The van der Waals surface area contributed by atoms with E-state index in [0.717, 1.165) is 0 Å². The van der Waals surface area contributed by atoms with Crippen LogP contribution in [-0.2, 0) is 0 Å². The molecule has 12 heavy (non-hydrogen) atoms. The van der Waals surface area contributed by atoms with Gasteiger partial charge in [0.2, 0.25) is 0 Å². The number of aromatic nitrogens is 1. The molecule has 1 nitrogen and oxygen atoms in total. The molecule has 3 heteroatoms. The Balaban J connectivity index is 2.94. The minimum atomic E-state index is -0.280. The van der Waals surface area contributed by atoms with E-state index < -0.39 is 0 Å². The number of alkyl halides is 1. The first kappa shape index (κ1) is 9.46. The van der Waals surface area contributed by atoms with E-state index in [1.165, 1.54) is 6.20 Å². The molecule has 2 unspecified atom stereocenters. The van der Waals surface area contributed by atoms with Gasteiger partial charge in [-0.25, -0.2) is 4.39 Å². The number of rotatable bonds is 2. The van der Waals surface area contributed by atoms with Crippen LogP contribution in [0.3, 0.4) is 0 Å². The maximum atomic E-state index is 13.1. The lowest BCUT2D eigenvalue weighted by Gasteiger charge is -2.13. The second kappa shape index (κ2) is 3.85. The molecule has 2 atom stereocenters. The van der Waals surface area contributed by atoms with E-state index in [-0.39, 0.29) is 17.1 Å². The highest BCUT2D eigenvalue weighted by molar-refractivity contribution is 6.20. The van der Waals surface area contributed by atoms with Gasteiger partial charge in [0.05, 0.1) is 6.20 Å². The SMILES string of the molecule is CC(Cl)C(C)c1ccncc1F. The summed E-state index contributed by atoms with van der Waals surface area (Å²) in [6.07, 6.45) is 2.79. The summed E-state index contributed by atoms with van der Waals surface area (Å²) in [5.41, 5.74) is 0.632. The Labute approximate surface area is 76.6 Å². The molecule has 0 radical (unpaired) electrons. The highest BCUT2D eigenvalue weighted by Crippen LogP contribution is 2.24. The average Bonchev–Trinajstić information content (AvgIpc) is 2.04. The molecule has 1 aromatic heterocycles. The van der Waals surface area contributed by atoms with Crippen LogP contribution in [0.1, 0.15) is 25.3 Å². The van der Waals surface area contributed by atoms with E-state index in [1.807, 2.05) is 13.8 Å². The summed E-state index contributed by atoms with van der Waals surface area (Å²) in [7, 11) is 0. The van der Waals surface area contributed by atoms with Crippen LogP contribution in [0.2, 0.25) is 0 Å². The van der Waals surface area contributed by atoms with Gasteiger partial charge in [0, 0.05) is 17.5 Å². The van der Waals surface area contributed by atoms with Gasteiger partial charge in [-0.1, -0.05) is 6.92 Å². The van der Waals surface area contributed by atoms with Crippen molar-refractivity contribution in [2.24, 2.45) is 0 Å². The molecule has 1 heterocycles. The third kappa shape index (κ3) is 1.95. The first-order valence-corrected chi connectivity index (χ1v) is 4.30. The summed E-state index contributed by atoms with van der Waals surface area (Å²) in [6, 6.07) is 1.67. The summed E-state index contributed by atoms with van der Waals surface area (Å²) >= 11 is 5.85. The van der Waals surface area contributed by atoms with Crippen molar-refractivity contribution >= 4 is 11.6 Å². The first-order valence-electron chi connectivity index (χ1n) is 3.86. The molecule has 0 N–H and O–H groups in total. The van der Waals surface area contributed by atoms with Crippen LogP contribution in [-0.4, -0.2) is 10.4 Å². The van der Waals surface area contributed by atoms with Crippen molar-refractivity contribution in [3.05, 3.63) is 29.8 Å². The molecule has 0 aromatic carbocycles. The Morgan fingerprint density at radius 1 is 1.50 bits per heavy atom. The Morgan fingerprint density at radius 2 is 2.17 bits per heavy atom. The van der Waals surface area contributed by atoms with Crippen LogP contribution < -0.4 is 0 Å². The van der Waals surface area contributed by atoms with E-state index in [0.29, 0.717) is 5.56 Å². The van der Waals surface area contributed by atoms with Crippen molar-refractivity contribution in [2.45, 2.75) is 25.1 Å². The molecule has 0 bridgehead atoms. The lowest BCUT2D eigenvalue weighted by atomic mass is 9.99. The minimum Gasteiger partial charge on any atom is -0.262 e. The third-order valence-corrected chi connectivity index (χ3v) is 2.36. The van der Waals surface area contributed by atoms with Gasteiger partial charge in [-0.2, -0.15) is 0 Å². The number of nitrogens with zero attached hydrogens (tertiary/aromatic N) is 1. The van der Waals surface area contributed by atoms with Crippen LogP contribution in [0.25, 0.3) is 0 Å². The molecular formula is C9H11ClFN. The van der Waals surface area contributed by atoms with Gasteiger partial charge in [-0.15, -0.1) is 11.6 Å². The topological polar surface area (TPSA) is 12.9 Å². The average molecular weight is 188 g/mol. The second-order valence-electron chi connectivity index (χ2n) is 2.86. The molecule has 1 rings (SSSR count). The molecule has 66 valence electrons. The molecule has 0 aliphatic rings. The molecule has 1 aromatic rings. The van der Waals surface area contributed by atoms with Crippen LogP contribution in [0.5, 0.6) is 0 Å². The third-order valence-electron chi connectivity index (χ3n) is 1.98. The van der Waals surface area contributed by atoms with Crippen LogP contribution >= 0.6 is 11.6 Å². The maximum absolute atomic E-state index is 13.1. The Bertz CT molecular complexity index is 262. The normalized spacial score (nSPS) is 15.7.